The van der Waals surface area contributed by atoms with Gasteiger partial charge in [-0.3, -0.25) is 9.59 Å². The second-order valence-electron chi connectivity index (χ2n) is 5.25. The molecule has 108 valence electrons. The summed E-state index contributed by atoms with van der Waals surface area (Å²) in [6.45, 7) is 2.33. The predicted octanol–water partition coefficient (Wildman–Crippen LogP) is 2.17. The largest absolute Gasteiger partial charge is 0.508 e. The summed E-state index contributed by atoms with van der Waals surface area (Å²) >= 11 is 0. The van der Waals surface area contributed by atoms with Crippen LogP contribution in [0.1, 0.15) is 41.6 Å². The molecule has 1 atom stereocenters. The number of carbonyl (C=O) groups is 2. The van der Waals surface area contributed by atoms with Crippen LogP contribution in [0.25, 0.3) is 0 Å². The third kappa shape index (κ3) is 3.10. The molecule has 0 spiro atoms. The number of benzene rings is 1. The zero-order valence-electron chi connectivity index (χ0n) is 11.5. The Morgan fingerprint density at radius 1 is 1.35 bits per heavy atom. The Balaban J connectivity index is 2.20. The number of amides is 1. The molecule has 2 rings (SSSR count). The number of phenolic OH excluding ortho intramolecular Hbond substituents is 1. The number of carboxylic acid groups (broad SMARTS) is 1. The summed E-state index contributed by atoms with van der Waals surface area (Å²) in [5, 5.41) is 18.4. The van der Waals surface area contributed by atoms with Crippen LogP contribution in [0.2, 0.25) is 0 Å². The fourth-order valence-electron chi connectivity index (χ4n) is 2.64. The van der Waals surface area contributed by atoms with Crippen LogP contribution < -0.4 is 0 Å². The van der Waals surface area contributed by atoms with Gasteiger partial charge >= 0.3 is 5.97 Å². The SMILES string of the molecule is Cc1cc(C(=O)N2CCCCC2CC(=O)O)ccc1O. The van der Waals surface area contributed by atoms with Crippen molar-refractivity contribution in [1.82, 2.24) is 4.90 Å². The first-order valence-corrected chi connectivity index (χ1v) is 6.81. The summed E-state index contributed by atoms with van der Waals surface area (Å²) in [5.41, 5.74) is 1.14. The van der Waals surface area contributed by atoms with Gasteiger partial charge in [0.15, 0.2) is 0 Å². The van der Waals surface area contributed by atoms with Gasteiger partial charge in [-0.25, -0.2) is 0 Å². The number of carbonyl (C=O) groups excluding carboxylic acids is 1. The Kier molecular flexibility index (Phi) is 4.27. The lowest BCUT2D eigenvalue weighted by molar-refractivity contribution is -0.138. The predicted molar refractivity (Wildman–Crippen MR) is 73.8 cm³/mol. The Bertz CT molecular complexity index is 527. The number of aromatic hydroxyl groups is 1. The number of aryl methyl sites for hydroxylation is 1. The van der Waals surface area contributed by atoms with E-state index in [2.05, 4.69) is 0 Å². The van der Waals surface area contributed by atoms with Gasteiger partial charge in [0, 0.05) is 18.2 Å². The first-order chi connectivity index (χ1) is 9.49. The number of aliphatic carboxylic acids is 1. The van der Waals surface area contributed by atoms with Crippen LogP contribution in [-0.2, 0) is 4.79 Å². The van der Waals surface area contributed by atoms with Gasteiger partial charge in [0.05, 0.1) is 6.42 Å². The fraction of sp³-hybridized carbons (Fsp3) is 0.467. The molecule has 1 saturated heterocycles. The number of phenols is 1. The number of piperidine rings is 1. The number of nitrogens with zero attached hydrogens (tertiary/aromatic N) is 1. The summed E-state index contributed by atoms with van der Waals surface area (Å²) in [7, 11) is 0. The molecule has 1 aromatic carbocycles. The molecule has 1 heterocycles. The van der Waals surface area contributed by atoms with Crippen molar-refractivity contribution < 1.29 is 19.8 Å². The van der Waals surface area contributed by atoms with Crippen molar-refractivity contribution in [2.45, 2.75) is 38.6 Å². The van der Waals surface area contributed by atoms with Gasteiger partial charge in [-0.15, -0.1) is 0 Å². The maximum absolute atomic E-state index is 12.5. The van der Waals surface area contributed by atoms with Gasteiger partial charge < -0.3 is 15.1 Å². The maximum Gasteiger partial charge on any atom is 0.305 e. The van der Waals surface area contributed by atoms with E-state index >= 15 is 0 Å². The van der Waals surface area contributed by atoms with E-state index in [1.807, 2.05) is 0 Å². The Hall–Kier alpha value is -2.04. The highest BCUT2D eigenvalue weighted by atomic mass is 16.4. The molecule has 1 aliphatic heterocycles. The average molecular weight is 277 g/mol. The normalized spacial score (nSPS) is 18.9. The molecular weight excluding hydrogens is 258 g/mol. The van der Waals surface area contributed by atoms with Gasteiger partial charge in [-0.1, -0.05) is 0 Å². The third-order valence-corrected chi connectivity index (χ3v) is 3.74. The van der Waals surface area contributed by atoms with Gasteiger partial charge in [-0.2, -0.15) is 0 Å². The van der Waals surface area contributed by atoms with E-state index in [1.54, 1.807) is 24.0 Å². The summed E-state index contributed by atoms with van der Waals surface area (Å²) in [4.78, 5) is 25.1. The van der Waals surface area contributed by atoms with Crippen LogP contribution in [-0.4, -0.2) is 39.6 Å². The minimum Gasteiger partial charge on any atom is -0.508 e. The topological polar surface area (TPSA) is 77.8 Å². The molecule has 5 nitrogen and oxygen atoms in total. The van der Waals surface area contributed by atoms with E-state index in [0.29, 0.717) is 17.7 Å². The van der Waals surface area contributed by atoms with Gasteiger partial charge in [0.25, 0.3) is 5.91 Å². The summed E-state index contributed by atoms with van der Waals surface area (Å²) in [5.74, 6) is -0.877. The Morgan fingerprint density at radius 2 is 2.10 bits per heavy atom. The van der Waals surface area contributed by atoms with Crippen molar-refractivity contribution in [3.05, 3.63) is 29.3 Å². The van der Waals surface area contributed by atoms with Crippen molar-refractivity contribution in [3.8, 4) is 5.75 Å². The number of hydrogen-bond donors (Lipinski definition) is 2. The lowest BCUT2D eigenvalue weighted by Gasteiger charge is -2.35. The highest BCUT2D eigenvalue weighted by molar-refractivity contribution is 5.95. The zero-order valence-corrected chi connectivity index (χ0v) is 11.5. The molecule has 1 aromatic rings. The number of hydrogen-bond acceptors (Lipinski definition) is 3. The fourth-order valence-corrected chi connectivity index (χ4v) is 2.64. The molecule has 5 heteroatoms. The zero-order chi connectivity index (χ0) is 14.7. The first kappa shape index (κ1) is 14.4. The van der Waals surface area contributed by atoms with Crippen molar-refractivity contribution in [2.75, 3.05) is 6.54 Å². The van der Waals surface area contributed by atoms with Gasteiger partial charge in [-0.05, 0) is 49.9 Å². The molecule has 1 aliphatic rings. The average Bonchev–Trinajstić information content (AvgIpc) is 2.41. The highest BCUT2D eigenvalue weighted by Gasteiger charge is 2.29. The lowest BCUT2D eigenvalue weighted by atomic mass is 9.98. The van der Waals surface area contributed by atoms with E-state index < -0.39 is 5.97 Å². The molecule has 0 radical (unpaired) electrons. The standard InChI is InChI=1S/C15H19NO4/c1-10-8-11(5-6-13(10)17)15(20)16-7-3-2-4-12(16)9-14(18)19/h5-6,8,12,17H,2-4,7,9H2,1H3,(H,18,19). The number of likely N-dealkylation sites (tertiary alicyclic amines) is 1. The van der Waals surface area contributed by atoms with Crippen LogP contribution in [0.5, 0.6) is 5.75 Å². The molecule has 0 aliphatic carbocycles. The van der Waals surface area contributed by atoms with E-state index in [4.69, 9.17) is 5.11 Å². The van der Waals surface area contributed by atoms with Crippen LogP contribution >= 0.6 is 0 Å². The summed E-state index contributed by atoms with van der Waals surface area (Å²) < 4.78 is 0. The monoisotopic (exact) mass is 277 g/mol. The molecule has 1 fully saturated rings. The van der Waals surface area contributed by atoms with Gasteiger partial charge in [0.1, 0.15) is 5.75 Å². The lowest BCUT2D eigenvalue weighted by Crippen LogP contribution is -2.44. The summed E-state index contributed by atoms with van der Waals surface area (Å²) in [6, 6.07) is 4.49. The van der Waals surface area contributed by atoms with Crippen molar-refractivity contribution in [3.63, 3.8) is 0 Å². The number of carboxylic acids is 1. The van der Waals surface area contributed by atoms with Crippen molar-refractivity contribution in [2.24, 2.45) is 0 Å². The smallest absolute Gasteiger partial charge is 0.305 e. The Labute approximate surface area is 117 Å². The van der Waals surface area contributed by atoms with E-state index in [1.165, 1.54) is 6.07 Å². The van der Waals surface area contributed by atoms with Crippen LogP contribution in [0.15, 0.2) is 18.2 Å². The minimum absolute atomic E-state index is 0.0111. The van der Waals surface area contributed by atoms with E-state index in [0.717, 1.165) is 19.3 Å². The van der Waals surface area contributed by atoms with Crippen molar-refractivity contribution >= 4 is 11.9 Å². The molecule has 0 aromatic heterocycles. The molecule has 1 amide bonds. The Morgan fingerprint density at radius 3 is 2.75 bits per heavy atom. The molecule has 0 bridgehead atoms. The van der Waals surface area contributed by atoms with E-state index in [-0.39, 0.29) is 24.1 Å². The number of rotatable bonds is 3. The van der Waals surface area contributed by atoms with Gasteiger partial charge in [0.2, 0.25) is 0 Å². The molecule has 20 heavy (non-hydrogen) atoms. The molecule has 0 saturated carbocycles. The second kappa shape index (κ2) is 5.94. The maximum atomic E-state index is 12.5. The van der Waals surface area contributed by atoms with Crippen LogP contribution in [0.3, 0.4) is 0 Å². The molecule has 2 N–H and O–H groups in total. The second-order valence-corrected chi connectivity index (χ2v) is 5.25. The van der Waals surface area contributed by atoms with Crippen LogP contribution in [0, 0.1) is 6.92 Å². The highest BCUT2D eigenvalue weighted by Crippen LogP contribution is 2.24. The van der Waals surface area contributed by atoms with E-state index in [9.17, 15) is 14.7 Å². The third-order valence-electron chi connectivity index (χ3n) is 3.74. The van der Waals surface area contributed by atoms with Crippen molar-refractivity contribution in [1.29, 1.82) is 0 Å². The molecule has 1 unspecified atom stereocenters. The first-order valence-electron chi connectivity index (χ1n) is 6.81. The molecular formula is C15H19NO4. The minimum atomic E-state index is -0.878. The van der Waals surface area contributed by atoms with Crippen LogP contribution in [0.4, 0.5) is 0 Å². The quantitative estimate of drug-likeness (QED) is 0.887. The summed E-state index contributed by atoms with van der Waals surface area (Å²) in [6.07, 6.45) is 2.58.